The molecule has 1 aromatic heterocycles. The maximum Gasteiger partial charge on any atom is 0.248 e. The number of hydrogen-bond donors (Lipinski definition) is 1. The number of benzene rings is 3. The number of hydrogen-bond acceptors (Lipinski definition) is 4. The summed E-state index contributed by atoms with van der Waals surface area (Å²) in [6.07, 6.45) is 3.30. The Morgan fingerprint density at radius 3 is 2.51 bits per heavy atom. The van der Waals surface area contributed by atoms with Crippen molar-refractivity contribution in [2.24, 2.45) is 0 Å². The van der Waals surface area contributed by atoms with Crippen molar-refractivity contribution in [2.45, 2.75) is 33.9 Å². The summed E-state index contributed by atoms with van der Waals surface area (Å²) in [6.45, 7) is 6.96. The summed E-state index contributed by atoms with van der Waals surface area (Å²) in [5.41, 5.74) is 6.60. The molecule has 37 heavy (non-hydrogen) atoms. The fraction of sp³-hybridized carbons (Fsp3) is 0.200. The lowest BCUT2D eigenvalue weighted by molar-refractivity contribution is -0.111. The predicted molar refractivity (Wildman–Crippen MR) is 151 cm³/mol. The van der Waals surface area contributed by atoms with Gasteiger partial charge in [0.1, 0.15) is 18.1 Å². The Morgan fingerprint density at radius 2 is 1.78 bits per heavy atom. The zero-order chi connectivity index (χ0) is 26.4. The van der Waals surface area contributed by atoms with Crippen LogP contribution in [0, 0.1) is 20.8 Å². The number of anilines is 1. The van der Waals surface area contributed by atoms with Gasteiger partial charge >= 0.3 is 0 Å². The highest BCUT2D eigenvalue weighted by Gasteiger charge is 2.14. The lowest BCUT2D eigenvalue weighted by Crippen LogP contribution is -2.10. The van der Waals surface area contributed by atoms with Crippen molar-refractivity contribution in [1.29, 1.82) is 0 Å². The first-order valence-corrected chi connectivity index (χ1v) is 12.8. The summed E-state index contributed by atoms with van der Waals surface area (Å²) < 4.78 is 14.3. The standard InChI is InChI=1S/C30H30BrN3O3/c1-20-7-5-6-8-24(20)18-34-22(3)30(21(2)33-34)32-29(35)16-10-23-9-15-28(36-4)25(17-23)19-37-27-13-11-26(31)12-14-27/h5-17H,18-19H2,1-4H3,(H,32,35)/b16-10+. The number of ether oxygens (including phenoxy) is 2. The van der Waals surface area contributed by atoms with E-state index in [-0.39, 0.29) is 5.91 Å². The van der Waals surface area contributed by atoms with E-state index >= 15 is 0 Å². The molecule has 0 aliphatic rings. The van der Waals surface area contributed by atoms with E-state index < -0.39 is 0 Å². The predicted octanol–water partition coefficient (Wildman–Crippen LogP) is 6.86. The van der Waals surface area contributed by atoms with Crippen molar-refractivity contribution in [2.75, 3.05) is 12.4 Å². The molecular weight excluding hydrogens is 530 g/mol. The SMILES string of the molecule is COc1ccc(/C=C/C(=O)Nc2c(C)nn(Cc3ccccc3C)c2C)cc1COc1ccc(Br)cc1. The molecule has 0 bridgehead atoms. The Hall–Kier alpha value is -3.84. The molecule has 0 atom stereocenters. The maximum atomic E-state index is 12.8. The Morgan fingerprint density at radius 1 is 1.03 bits per heavy atom. The Balaban J connectivity index is 1.43. The molecule has 1 N–H and O–H groups in total. The van der Waals surface area contributed by atoms with Gasteiger partial charge < -0.3 is 14.8 Å². The molecule has 1 heterocycles. The molecule has 7 heteroatoms. The van der Waals surface area contributed by atoms with E-state index in [4.69, 9.17) is 9.47 Å². The number of methoxy groups -OCH3 is 1. The molecule has 0 saturated heterocycles. The largest absolute Gasteiger partial charge is 0.496 e. The van der Waals surface area contributed by atoms with Crippen LogP contribution in [0.15, 0.2) is 77.3 Å². The third-order valence-corrected chi connectivity index (χ3v) is 6.68. The summed E-state index contributed by atoms with van der Waals surface area (Å²) in [4.78, 5) is 12.8. The van der Waals surface area contributed by atoms with Crippen LogP contribution in [0.5, 0.6) is 11.5 Å². The first-order valence-electron chi connectivity index (χ1n) is 12.0. The van der Waals surface area contributed by atoms with Gasteiger partial charge in [-0.15, -0.1) is 0 Å². The molecule has 0 aliphatic heterocycles. The smallest absolute Gasteiger partial charge is 0.248 e. The average molecular weight is 560 g/mol. The van der Waals surface area contributed by atoms with Crippen LogP contribution in [0.4, 0.5) is 5.69 Å². The minimum Gasteiger partial charge on any atom is -0.496 e. The number of amides is 1. The molecule has 1 amide bonds. The number of aromatic nitrogens is 2. The summed E-state index contributed by atoms with van der Waals surface area (Å²) in [6, 6.07) is 21.6. The van der Waals surface area contributed by atoms with Gasteiger partial charge in [-0.2, -0.15) is 5.10 Å². The van der Waals surface area contributed by atoms with Crippen molar-refractivity contribution >= 4 is 33.6 Å². The van der Waals surface area contributed by atoms with Gasteiger partial charge in [-0.25, -0.2) is 0 Å². The number of nitrogens with one attached hydrogen (secondary N) is 1. The number of rotatable bonds is 9. The highest BCUT2D eigenvalue weighted by Crippen LogP contribution is 2.25. The summed E-state index contributed by atoms with van der Waals surface area (Å²) in [5.74, 6) is 1.27. The van der Waals surface area contributed by atoms with Crippen LogP contribution >= 0.6 is 15.9 Å². The van der Waals surface area contributed by atoms with E-state index in [9.17, 15) is 4.79 Å². The molecule has 0 spiro atoms. The van der Waals surface area contributed by atoms with Crippen molar-refractivity contribution in [3.63, 3.8) is 0 Å². The minimum absolute atomic E-state index is 0.217. The first-order chi connectivity index (χ1) is 17.8. The zero-order valence-corrected chi connectivity index (χ0v) is 23.0. The van der Waals surface area contributed by atoms with Gasteiger partial charge in [0.05, 0.1) is 30.7 Å². The van der Waals surface area contributed by atoms with E-state index in [1.54, 1.807) is 13.2 Å². The van der Waals surface area contributed by atoms with E-state index in [0.717, 1.165) is 44.2 Å². The number of halogens is 1. The summed E-state index contributed by atoms with van der Waals surface area (Å²) in [5, 5.41) is 7.64. The summed E-state index contributed by atoms with van der Waals surface area (Å²) >= 11 is 3.43. The van der Waals surface area contributed by atoms with Crippen LogP contribution in [-0.2, 0) is 17.9 Å². The van der Waals surface area contributed by atoms with E-state index in [1.165, 1.54) is 17.2 Å². The highest BCUT2D eigenvalue weighted by atomic mass is 79.9. The third kappa shape index (κ3) is 6.68. The second-order valence-corrected chi connectivity index (χ2v) is 9.68. The van der Waals surface area contributed by atoms with E-state index in [0.29, 0.717) is 13.2 Å². The van der Waals surface area contributed by atoms with Crippen LogP contribution in [0.3, 0.4) is 0 Å². The molecule has 0 radical (unpaired) electrons. The van der Waals surface area contributed by atoms with Gasteiger partial charge in [-0.3, -0.25) is 9.48 Å². The van der Waals surface area contributed by atoms with Crippen LogP contribution < -0.4 is 14.8 Å². The van der Waals surface area contributed by atoms with Gasteiger partial charge in [0.2, 0.25) is 5.91 Å². The normalized spacial score (nSPS) is 11.1. The van der Waals surface area contributed by atoms with Crippen molar-refractivity contribution < 1.29 is 14.3 Å². The lowest BCUT2D eigenvalue weighted by atomic mass is 10.1. The first kappa shape index (κ1) is 26.2. The maximum absolute atomic E-state index is 12.8. The Kier molecular flexibility index (Phi) is 8.46. The van der Waals surface area contributed by atoms with E-state index in [1.807, 2.05) is 73.1 Å². The fourth-order valence-corrected chi connectivity index (χ4v) is 4.29. The Labute approximate surface area is 226 Å². The van der Waals surface area contributed by atoms with E-state index in [2.05, 4.69) is 45.4 Å². The van der Waals surface area contributed by atoms with Gasteiger partial charge in [-0.1, -0.05) is 46.3 Å². The van der Waals surface area contributed by atoms with Crippen molar-refractivity contribution in [3.8, 4) is 11.5 Å². The molecule has 4 rings (SSSR count). The van der Waals surface area contributed by atoms with Crippen LogP contribution in [0.2, 0.25) is 0 Å². The molecule has 0 saturated carbocycles. The molecule has 190 valence electrons. The van der Waals surface area contributed by atoms with Crippen molar-refractivity contribution in [1.82, 2.24) is 9.78 Å². The third-order valence-electron chi connectivity index (χ3n) is 6.15. The van der Waals surface area contributed by atoms with Crippen LogP contribution in [-0.4, -0.2) is 22.8 Å². The number of nitrogens with zero attached hydrogens (tertiary/aromatic N) is 2. The number of carbonyl (C=O) groups is 1. The quantitative estimate of drug-likeness (QED) is 0.227. The molecule has 6 nitrogen and oxygen atoms in total. The minimum atomic E-state index is -0.217. The average Bonchev–Trinajstić information content (AvgIpc) is 3.15. The lowest BCUT2D eigenvalue weighted by Gasteiger charge is -2.11. The highest BCUT2D eigenvalue weighted by molar-refractivity contribution is 9.10. The number of aryl methyl sites for hydroxylation is 2. The van der Waals surface area contributed by atoms with Crippen molar-refractivity contribution in [3.05, 3.63) is 111 Å². The fourth-order valence-electron chi connectivity index (χ4n) is 4.02. The molecule has 3 aromatic carbocycles. The van der Waals surface area contributed by atoms with Gasteiger partial charge in [0, 0.05) is 16.1 Å². The molecular formula is C30H30BrN3O3. The molecule has 0 fully saturated rings. The molecule has 0 unspecified atom stereocenters. The van der Waals surface area contributed by atoms with Crippen LogP contribution in [0.25, 0.3) is 6.08 Å². The zero-order valence-electron chi connectivity index (χ0n) is 21.4. The van der Waals surface area contributed by atoms with Gasteiger partial charge in [-0.05, 0) is 79.9 Å². The molecule has 0 aliphatic carbocycles. The number of carbonyl (C=O) groups excluding carboxylic acids is 1. The van der Waals surface area contributed by atoms with Gasteiger partial charge in [0.25, 0.3) is 0 Å². The van der Waals surface area contributed by atoms with Gasteiger partial charge in [0.15, 0.2) is 0 Å². The summed E-state index contributed by atoms with van der Waals surface area (Å²) in [7, 11) is 1.63. The van der Waals surface area contributed by atoms with Crippen LogP contribution in [0.1, 0.15) is 33.6 Å². The second-order valence-electron chi connectivity index (χ2n) is 8.77. The Bertz CT molecular complexity index is 1420. The molecule has 4 aromatic rings. The monoisotopic (exact) mass is 559 g/mol. The second kappa shape index (κ2) is 11.9. The topological polar surface area (TPSA) is 65.4 Å².